The maximum atomic E-state index is 12.7. The summed E-state index contributed by atoms with van der Waals surface area (Å²) in [6, 6.07) is -0.706. The lowest BCUT2D eigenvalue weighted by atomic mass is 9.87. The van der Waals surface area contributed by atoms with E-state index in [9.17, 15) is 14.4 Å². The van der Waals surface area contributed by atoms with Crippen LogP contribution in [0.15, 0.2) is 16.8 Å². The summed E-state index contributed by atoms with van der Waals surface area (Å²) >= 11 is 0. The van der Waals surface area contributed by atoms with Crippen LogP contribution in [0.25, 0.3) is 0 Å². The molecular formula is C26H39N3O12. The van der Waals surface area contributed by atoms with Gasteiger partial charge in [-0.25, -0.2) is 14.6 Å². The van der Waals surface area contributed by atoms with E-state index in [0.29, 0.717) is 46.1 Å². The largest absolute Gasteiger partial charge is 0.508 e. The highest BCUT2D eigenvalue weighted by Gasteiger charge is 2.48. The van der Waals surface area contributed by atoms with Crippen molar-refractivity contribution in [1.29, 1.82) is 0 Å². The van der Waals surface area contributed by atoms with E-state index in [1.807, 2.05) is 0 Å². The van der Waals surface area contributed by atoms with Crippen LogP contribution in [0.5, 0.6) is 0 Å². The van der Waals surface area contributed by atoms with E-state index in [1.54, 1.807) is 6.92 Å². The molecule has 0 spiro atoms. The Hall–Kier alpha value is -3.58. The van der Waals surface area contributed by atoms with Crippen LogP contribution < -0.4 is 11.5 Å². The first kappa shape index (κ1) is 33.6. The second-order valence-corrected chi connectivity index (χ2v) is 8.88. The van der Waals surface area contributed by atoms with E-state index in [-0.39, 0.29) is 38.0 Å². The van der Waals surface area contributed by atoms with Crippen LogP contribution in [0, 0.1) is 18.3 Å². The second kappa shape index (κ2) is 18.7. The number of esters is 2. The van der Waals surface area contributed by atoms with Gasteiger partial charge in [-0.3, -0.25) is 4.79 Å². The molecule has 0 saturated carbocycles. The fourth-order valence-electron chi connectivity index (χ4n) is 3.88. The van der Waals surface area contributed by atoms with Crippen LogP contribution in [-0.4, -0.2) is 115 Å². The Labute approximate surface area is 238 Å². The molecule has 0 bridgehead atoms. The average molecular weight is 586 g/mol. The van der Waals surface area contributed by atoms with Gasteiger partial charge in [0.25, 0.3) is 0 Å². The zero-order valence-corrected chi connectivity index (χ0v) is 23.3. The van der Waals surface area contributed by atoms with Gasteiger partial charge in [0.2, 0.25) is 5.76 Å². The quantitative estimate of drug-likeness (QED) is 0.0498. The molecule has 230 valence electrons. The van der Waals surface area contributed by atoms with Crippen molar-refractivity contribution in [1.82, 2.24) is 0 Å². The molecule has 0 aromatic rings. The molecule has 0 aromatic carbocycles. The number of nitrogens with zero attached hydrogens (tertiary/aromatic N) is 1. The van der Waals surface area contributed by atoms with Gasteiger partial charge in [-0.05, 0) is 12.5 Å². The molecular weight excluding hydrogens is 546 g/mol. The van der Waals surface area contributed by atoms with Gasteiger partial charge >= 0.3 is 18.1 Å². The Morgan fingerprint density at radius 1 is 1.07 bits per heavy atom. The highest BCUT2D eigenvalue weighted by Crippen LogP contribution is 2.32. The van der Waals surface area contributed by atoms with Crippen LogP contribution in [-0.2, 0) is 52.2 Å². The summed E-state index contributed by atoms with van der Waals surface area (Å²) in [6.45, 7) is 4.47. The number of terminal acetylenes is 1. The minimum Gasteiger partial charge on any atom is -0.479 e. The molecule has 15 heteroatoms. The van der Waals surface area contributed by atoms with Gasteiger partial charge in [-0.15, -0.1) is 6.42 Å². The first-order valence-electron chi connectivity index (χ1n) is 13.1. The van der Waals surface area contributed by atoms with Gasteiger partial charge in [-0.1, -0.05) is 12.8 Å². The smallest absolute Gasteiger partial charge is 0.479 e. The highest BCUT2D eigenvalue weighted by molar-refractivity contribution is 5.86. The molecule has 5 atom stereocenters. The molecule has 2 aliphatic heterocycles. The molecule has 2 rings (SSSR count). The number of nitrogens with two attached hydrogens (primary N) is 2. The molecule has 0 unspecified atom stereocenters. The van der Waals surface area contributed by atoms with Crippen molar-refractivity contribution in [3.8, 4) is 12.3 Å². The molecule has 2 heterocycles. The Balaban J connectivity index is 1.81. The van der Waals surface area contributed by atoms with E-state index in [2.05, 4.69) is 10.9 Å². The summed E-state index contributed by atoms with van der Waals surface area (Å²) < 4.78 is 47.7. The molecule has 0 aromatic heterocycles. The van der Waals surface area contributed by atoms with Crippen molar-refractivity contribution in [3.63, 3.8) is 0 Å². The zero-order chi connectivity index (χ0) is 30.0. The normalized spacial score (nSPS) is 22.3. The van der Waals surface area contributed by atoms with E-state index >= 15 is 0 Å². The summed E-state index contributed by atoms with van der Waals surface area (Å²) in [7, 11) is 1.18. The number of methoxy groups -OCH3 is 1. The maximum absolute atomic E-state index is 12.7. The Morgan fingerprint density at radius 2 is 1.71 bits per heavy atom. The SMILES string of the molecule is C#CCOCCOCCOCCOCCCC(=O)O[C@@H]([C@@H]1OC(C(=O)OC)=C[C@H](N=C(N)N)[C@H]1C)[C@H]1COC(=O)O1. The fourth-order valence-corrected chi connectivity index (χ4v) is 3.88. The monoisotopic (exact) mass is 585 g/mol. The molecule has 1 saturated heterocycles. The van der Waals surface area contributed by atoms with Gasteiger partial charge in [-0.2, -0.15) is 0 Å². The third-order valence-electron chi connectivity index (χ3n) is 5.87. The number of ether oxygens (including phenoxy) is 9. The van der Waals surface area contributed by atoms with E-state index < -0.39 is 48.4 Å². The Kier molecular flexibility index (Phi) is 15.3. The lowest BCUT2D eigenvalue weighted by molar-refractivity contribution is -0.171. The number of guanidine groups is 1. The molecule has 0 radical (unpaired) electrons. The van der Waals surface area contributed by atoms with Crippen LogP contribution in [0.4, 0.5) is 4.79 Å². The van der Waals surface area contributed by atoms with Crippen molar-refractivity contribution >= 4 is 24.1 Å². The molecule has 1 fully saturated rings. The minimum absolute atomic E-state index is 0.00654. The average Bonchev–Trinajstić information content (AvgIpc) is 3.38. The maximum Gasteiger partial charge on any atom is 0.508 e. The molecule has 2 aliphatic rings. The van der Waals surface area contributed by atoms with Crippen LogP contribution in [0.2, 0.25) is 0 Å². The molecule has 4 N–H and O–H groups in total. The molecule has 41 heavy (non-hydrogen) atoms. The van der Waals surface area contributed by atoms with Gasteiger partial charge < -0.3 is 54.1 Å². The molecule has 0 amide bonds. The fraction of sp³-hybridized carbons (Fsp3) is 0.692. The first-order chi connectivity index (χ1) is 19.8. The lowest BCUT2D eigenvalue weighted by Gasteiger charge is -2.38. The summed E-state index contributed by atoms with van der Waals surface area (Å²) in [4.78, 5) is 40.8. The first-order valence-corrected chi connectivity index (χ1v) is 13.1. The van der Waals surface area contributed by atoms with Gasteiger partial charge in [0.1, 0.15) is 19.3 Å². The summed E-state index contributed by atoms with van der Waals surface area (Å²) in [6.07, 6.45) is 2.85. The highest BCUT2D eigenvalue weighted by atomic mass is 16.8. The van der Waals surface area contributed by atoms with Gasteiger partial charge in [0.15, 0.2) is 18.2 Å². The predicted molar refractivity (Wildman–Crippen MR) is 141 cm³/mol. The summed E-state index contributed by atoms with van der Waals surface area (Å²) in [5.74, 6) is 0.110. The summed E-state index contributed by atoms with van der Waals surface area (Å²) in [5, 5.41) is 0. The third-order valence-corrected chi connectivity index (χ3v) is 5.87. The van der Waals surface area contributed by atoms with E-state index in [4.69, 9.17) is 60.5 Å². The standard InChI is InChI=1S/C26H39N3O12/c1-4-7-34-9-11-36-13-14-37-12-10-35-8-5-6-21(30)41-23(20-16-38-26(32)40-20)22-17(2)18(29-25(27)28)15-19(39-22)24(31)33-3/h1,15,17-18,20,22-23H,5-14,16H2,2-3H3,(H4,27,28,29)/t17-,18+,20-,22-,23-/m1/s1. The number of carbonyl (C=O) groups is 3. The minimum atomic E-state index is -1.13. The summed E-state index contributed by atoms with van der Waals surface area (Å²) in [5.41, 5.74) is 11.1. The topological polar surface area (TPSA) is 199 Å². The van der Waals surface area contributed by atoms with Gasteiger partial charge in [0, 0.05) is 18.9 Å². The number of aliphatic imine (C=N–C) groups is 1. The second-order valence-electron chi connectivity index (χ2n) is 8.88. The third kappa shape index (κ3) is 12.2. The van der Waals surface area contributed by atoms with Crippen LogP contribution in [0.1, 0.15) is 19.8 Å². The number of hydrogen-bond acceptors (Lipinski definition) is 13. The van der Waals surface area contributed by atoms with Crippen molar-refractivity contribution in [2.45, 2.75) is 44.1 Å². The zero-order valence-electron chi connectivity index (χ0n) is 23.3. The number of hydrogen-bond donors (Lipinski definition) is 2. The van der Waals surface area contributed by atoms with Crippen molar-refractivity contribution in [3.05, 3.63) is 11.8 Å². The lowest BCUT2D eigenvalue weighted by Crippen LogP contribution is -2.51. The molecule has 0 aliphatic carbocycles. The molecule has 15 nitrogen and oxygen atoms in total. The van der Waals surface area contributed by atoms with E-state index in [0.717, 1.165) is 0 Å². The Bertz CT molecular complexity index is 946. The Morgan fingerprint density at radius 3 is 2.27 bits per heavy atom. The van der Waals surface area contributed by atoms with Crippen molar-refractivity contribution in [2.24, 2.45) is 22.4 Å². The van der Waals surface area contributed by atoms with Crippen LogP contribution >= 0.6 is 0 Å². The van der Waals surface area contributed by atoms with E-state index in [1.165, 1.54) is 13.2 Å². The van der Waals surface area contributed by atoms with Crippen molar-refractivity contribution in [2.75, 3.05) is 66.6 Å². The number of rotatable bonds is 19. The van der Waals surface area contributed by atoms with Crippen LogP contribution in [0.3, 0.4) is 0 Å². The number of cyclic esters (lactones) is 2. The van der Waals surface area contributed by atoms with Crippen molar-refractivity contribution < 1.29 is 57.0 Å². The van der Waals surface area contributed by atoms with Gasteiger partial charge in [0.05, 0.1) is 52.8 Å². The predicted octanol–water partition coefficient (Wildman–Crippen LogP) is -0.353. The number of carbonyl (C=O) groups excluding carboxylic acids is 3.